The number of hydrogen-bond donors (Lipinski definition) is 1. The Morgan fingerprint density at radius 1 is 1.33 bits per heavy atom. The van der Waals surface area contributed by atoms with Gasteiger partial charge in [0.2, 0.25) is 0 Å². The predicted octanol–water partition coefficient (Wildman–Crippen LogP) is 3.04. The molecule has 1 fully saturated rings. The van der Waals surface area contributed by atoms with Crippen molar-refractivity contribution in [3.05, 3.63) is 30.1 Å². The summed E-state index contributed by atoms with van der Waals surface area (Å²) in [5, 5.41) is 19.4. The van der Waals surface area contributed by atoms with Gasteiger partial charge >= 0.3 is 0 Å². The van der Waals surface area contributed by atoms with Crippen LogP contribution in [0, 0.1) is 17.2 Å². The summed E-state index contributed by atoms with van der Waals surface area (Å²) in [6.45, 7) is 0.536. The van der Waals surface area contributed by atoms with Crippen molar-refractivity contribution >= 4 is 11.0 Å². The van der Waals surface area contributed by atoms with Crippen LogP contribution >= 0.6 is 0 Å². The molecule has 4 nitrogen and oxygen atoms in total. The molecule has 110 valence electrons. The van der Waals surface area contributed by atoms with E-state index < -0.39 is 0 Å². The van der Waals surface area contributed by atoms with Crippen molar-refractivity contribution in [2.45, 2.75) is 51.2 Å². The van der Waals surface area contributed by atoms with Crippen LogP contribution in [-0.2, 0) is 13.0 Å². The van der Waals surface area contributed by atoms with Crippen LogP contribution in [0.15, 0.2) is 24.3 Å². The molecule has 1 aromatic heterocycles. The van der Waals surface area contributed by atoms with Gasteiger partial charge in [-0.3, -0.25) is 0 Å². The maximum atomic E-state index is 10.4. The fourth-order valence-corrected chi connectivity index (χ4v) is 3.45. The van der Waals surface area contributed by atoms with Crippen molar-refractivity contribution in [1.82, 2.24) is 9.55 Å². The van der Waals surface area contributed by atoms with Gasteiger partial charge in [-0.2, -0.15) is 5.26 Å². The van der Waals surface area contributed by atoms with E-state index in [-0.39, 0.29) is 12.5 Å². The molecule has 1 aliphatic carbocycles. The molecular weight excluding hydrogens is 262 g/mol. The van der Waals surface area contributed by atoms with E-state index in [2.05, 4.69) is 11.1 Å². The molecule has 0 amide bonds. The first kappa shape index (κ1) is 14.1. The molecule has 1 N–H and O–H groups in total. The molecule has 0 saturated heterocycles. The fourth-order valence-electron chi connectivity index (χ4n) is 3.45. The summed E-state index contributed by atoms with van der Waals surface area (Å²) in [6.07, 6.45) is 5.86. The second-order valence-corrected chi connectivity index (χ2v) is 6.00. The molecule has 0 aliphatic heterocycles. The van der Waals surface area contributed by atoms with Crippen LogP contribution in [-0.4, -0.2) is 20.8 Å². The molecular formula is C17H21N3O. The van der Waals surface area contributed by atoms with Crippen LogP contribution < -0.4 is 0 Å². The molecule has 1 saturated carbocycles. The molecule has 21 heavy (non-hydrogen) atoms. The molecule has 1 heterocycles. The van der Waals surface area contributed by atoms with Gasteiger partial charge in [0.25, 0.3) is 0 Å². The Morgan fingerprint density at radius 2 is 2.10 bits per heavy atom. The maximum absolute atomic E-state index is 10.4. The first-order chi connectivity index (χ1) is 10.3. The smallest absolute Gasteiger partial charge is 0.124 e. The van der Waals surface area contributed by atoms with E-state index in [1.165, 1.54) is 25.7 Å². The number of aromatic nitrogens is 2. The minimum absolute atomic E-state index is 0.283. The van der Waals surface area contributed by atoms with Gasteiger partial charge in [-0.25, -0.2) is 4.98 Å². The van der Waals surface area contributed by atoms with E-state index in [9.17, 15) is 5.11 Å². The summed E-state index contributed by atoms with van der Waals surface area (Å²) in [5.41, 5.74) is 1.91. The van der Waals surface area contributed by atoms with E-state index in [4.69, 9.17) is 5.26 Å². The summed E-state index contributed by atoms with van der Waals surface area (Å²) < 4.78 is 2.01. The van der Waals surface area contributed by atoms with E-state index >= 15 is 0 Å². The topological polar surface area (TPSA) is 61.8 Å². The molecule has 0 spiro atoms. The lowest BCUT2D eigenvalue weighted by Gasteiger charge is -2.17. The van der Waals surface area contributed by atoms with Gasteiger partial charge in [0.15, 0.2) is 0 Å². The normalized spacial score (nSPS) is 17.1. The van der Waals surface area contributed by atoms with Crippen LogP contribution in [0.5, 0.6) is 0 Å². The first-order valence-corrected chi connectivity index (χ1v) is 7.77. The Kier molecular flexibility index (Phi) is 4.21. The van der Waals surface area contributed by atoms with Gasteiger partial charge < -0.3 is 9.67 Å². The monoisotopic (exact) mass is 283 g/mol. The molecule has 1 aliphatic rings. The number of aliphatic hydroxyl groups is 1. The van der Waals surface area contributed by atoms with E-state index in [0.29, 0.717) is 12.5 Å². The quantitative estimate of drug-likeness (QED) is 0.917. The summed E-state index contributed by atoms with van der Waals surface area (Å²) in [5.74, 6) is 1.42. The second kappa shape index (κ2) is 6.28. The summed E-state index contributed by atoms with van der Waals surface area (Å²) in [6, 6.07) is 10.0. The highest BCUT2D eigenvalue weighted by atomic mass is 16.3. The lowest BCUT2D eigenvalue weighted by molar-refractivity contribution is 0.125. The van der Waals surface area contributed by atoms with Crippen LogP contribution in [0.4, 0.5) is 0 Å². The Bertz CT molecular complexity index is 650. The van der Waals surface area contributed by atoms with Gasteiger partial charge in [-0.1, -0.05) is 37.8 Å². The number of imidazole rings is 1. The van der Waals surface area contributed by atoms with Crippen molar-refractivity contribution in [2.75, 3.05) is 0 Å². The number of nitriles is 1. The lowest BCUT2D eigenvalue weighted by Crippen LogP contribution is -2.20. The van der Waals surface area contributed by atoms with Gasteiger partial charge in [0.1, 0.15) is 5.82 Å². The third-order valence-electron chi connectivity index (χ3n) is 4.44. The van der Waals surface area contributed by atoms with Crippen LogP contribution in [0.25, 0.3) is 11.0 Å². The SMILES string of the molecule is N#CCc1nc2ccccc2n1CC(O)CC1CCCC1. The zero-order chi connectivity index (χ0) is 14.7. The average Bonchev–Trinajstić information content (AvgIpc) is 3.08. The number of aliphatic hydroxyl groups excluding tert-OH is 1. The van der Waals surface area contributed by atoms with Crippen molar-refractivity contribution in [1.29, 1.82) is 5.26 Å². The largest absolute Gasteiger partial charge is 0.391 e. The maximum Gasteiger partial charge on any atom is 0.124 e. The molecule has 2 aromatic rings. The highest BCUT2D eigenvalue weighted by molar-refractivity contribution is 5.76. The van der Waals surface area contributed by atoms with Crippen LogP contribution in [0.2, 0.25) is 0 Å². The van der Waals surface area contributed by atoms with Crippen LogP contribution in [0.3, 0.4) is 0 Å². The molecule has 0 bridgehead atoms. The predicted molar refractivity (Wildman–Crippen MR) is 81.6 cm³/mol. The van der Waals surface area contributed by atoms with Gasteiger partial charge in [-0.15, -0.1) is 0 Å². The molecule has 1 unspecified atom stereocenters. The number of nitrogens with zero attached hydrogens (tertiary/aromatic N) is 3. The molecule has 4 heteroatoms. The minimum Gasteiger partial charge on any atom is -0.391 e. The lowest BCUT2D eigenvalue weighted by atomic mass is 10.00. The van der Waals surface area contributed by atoms with Crippen LogP contribution in [0.1, 0.15) is 37.9 Å². The third kappa shape index (κ3) is 3.08. The zero-order valence-corrected chi connectivity index (χ0v) is 12.2. The van der Waals surface area contributed by atoms with E-state index in [1.807, 2.05) is 28.8 Å². The summed E-state index contributed by atoms with van der Waals surface area (Å²) in [7, 11) is 0. The molecule has 1 atom stereocenters. The standard InChI is InChI=1S/C17H21N3O/c18-10-9-17-19-15-7-3-4-8-16(15)20(17)12-14(21)11-13-5-1-2-6-13/h3-4,7-8,13-14,21H,1-2,5-6,9,11-12H2. The van der Waals surface area contributed by atoms with E-state index in [1.54, 1.807) is 0 Å². The van der Waals surface area contributed by atoms with Crippen molar-refractivity contribution in [2.24, 2.45) is 5.92 Å². The second-order valence-electron chi connectivity index (χ2n) is 6.00. The Labute approximate surface area is 125 Å². The molecule has 0 radical (unpaired) electrons. The number of para-hydroxylation sites is 2. The summed E-state index contributed by atoms with van der Waals surface area (Å²) in [4.78, 5) is 4.52. The number of rotatable bonds is 5. The number of fused-ring (bicyclic) bond motifs is 1. The molecule has 1 aromatic carbocycles. The average molecular weight is 283 g/mol. The number of benzene rings is 1. The fraction of sp³-hybridized carbons (Fsp3) is 0.529. The highest BCUT2D eigenvalue weighted by Crippen LogP contribution is 2.29. The van der Waals surface area contributed by atoms with Gasteiger partial charge in [0.05, 0.1) is 36.2 Å². The Morgan fingerprint density at radius 3 is 2.86 bits per heavy atom. The van der Waals surface area contributed by atoms with E-state index in [0.717, 1.165) is 23.3 Å². The third-order valence-corrected chi connectivity index (χ3v) is 4.44. The Hall–Kier alpha value is -1.86. The Balaban J connectivity index is 1.81. The van der Waals surface area contributed by atoms with Crippen molar-refractivity contribution in [3.8, 4) is 6.07 Å². The van der Waals surface area contributed by atoms with Gasteiger partial charge in [0, 0.05) is 0 Å². The number of hydrogen-bond acceptors (Lipinski definition) is 3. The minimum atomic E-state index is -0.358. The summed E-state index contributed by atoms with van der Waals surface area (Å²) >= 11 is 0. The van der Waals surface area contributed by atoms with Crippen molar-refractivity contribution < 1.29 is 5.11 Å². The highest BCUT2D eigenvalue weighted by Gasteiger charge is 2.20. The molecule has 3 rings (SSSR count). The zero-order valence-electron chi connectivity index (χ0n) is 12.2. The van der Waals surface area contributed by atoms with Gasteiger partial charge in [-0.05, 0) is 24.5 Å². The first-order valence-electron chi connectivity index (χ1n) is 7.77. The van der Waals surface area contributed by atoms with Crippen molar-refractivity contribution in [3.63, 3.8) is 0 Å².